The predicted octanol–water partition coefficient (Wildman–Crippen LogP) is 3.09. The molecule has 0 saturated heterocycles. The van der Waals surface area contributed by atoms with Gasteiger partial charge in [0.15, 0.2) is 11.5 Å². The van der Waals surface area contributed by atoms with Gasteiger partial charge in [-0.1, -0.05) is 18.2 Å². The van der Waals surface area contributed by atoms with E-state index in [0.717, 1.165) is 11.1 Å². The molecule has 4 heteroatoms. The summed E-state index contributed by atoms with van der Waals surface area (Å²) in [6.45, 7) is 3.77. The molecule has 2 aromatic rings. The highest BCUT2D eigenvalue weighted by Gasteiger charge is 2.14. The molecule has 3 nitrogen and oxygen atoms in total. The topological polar surface area (TPSA) is 42.0 Å². The largest absolute Gasteiger partial charge is 0.320 e. The number of para-hydroxylation sites is 1. The average Bonchev–Trinajstić information content (AvgIpc) is 2.34. The van der Waals surface area contributed by atoms with Gasteiger partial charge in [0.2, 0.25) is 0 Å². The number of anilines is 1. The zero-order valence-corrected chi connectivity index (χ0v) is 10.2. The standard InChI is InChI=1S/C14H13FN2O/c1-9-5-3-6-10(2)12(9)17-14(18)13-11(15)7-4-8-16-13/h3-8H,1-2H3,(H,17,18). The van der Waals surface area contributed by atoms with Crippen molar-refractivity contribution in [1.29, 1.82) is 0 Å². The van der Waals surface area contributed by atoms with Crippen molar-refractivity contribution in [3.63, 3.8) is 0 Å². The van der Waals surface area contributed by atoms with Crippen molar-refractivity contribution < 1.29 is 9.18 Å². The molecule has 0 spiro atoms. The number of aromatic nitrogens is 1. The number of aryl methyl sites for hydroxylation is 2. The summed E-state index contributed by atoms with van der Waals surface area (Å²) in [5, 5.41) is 2.69. The summed E-state index contributed by atoms with van der Waals surface area (Å²) in [6.07, 6.45) is 1.39. The lowest BCUT2D eigenvalue weighted by atomic mass is 10.1. The Morgan fingerprint density at radius 3 is 2.44 bits per heavy atom. The summed E-state index contributed by atoms with van der Waals surface area (Å²) in [6, 6.07) is 8.34. The molecular formula is C14H13FN2O. The van der Waals surface area contributed by atoms with Gasteiger partial charge in [0.25, 0.3) is 5.91 Å². The monoisotopic (exact) mass is 244 g/mol. The molecule has 1 aromatic heterocycles. The molecule has 18 heavy (non-hydrogen) atoms. The van der Waals surface area contributed by atoms with Crippen LogP contribution >= 0.6 is 0 Å². The SMILES string of the molecule is Cc1cccc(C)c1NC(=O)c1ncccc1F. The summed E-state index contributed by atoms with van der Waals surface area (Å²) in [5.41, 5.74) is 2.37. The number of carbonyl (C=O) groups excluding carboxylic acids is 1. The van der Waals surface area contributed by atoms with E-state index in [1.54, 1.807) is 0 Å². The van der Waals surface area contributed by atoms with Gasteiger partial charge in [-0.05, 0) is 37.1 Å². The van der Waals surface area contributed by atoms with Crippen molar-refractivity contribution in [3.8, 4) is 0 Å². The van der Waals surface area contributed by atoms with E-state index in [1.807, 2.05) is 32.0 Å². The molecule has 1 N–H and O–H groups in total. The van der Waals surface area contributed by atoms with Gasteiger partial charge in [-0.2, -0.15) is 0 Å². The summed E-state index contributed by atoms with van der Waals surface area (Å²) in [7, 11) is 0. The Morgan fingerprint density at radius 1 is 1.17 bits per heavy atom. The molecule has 1 amide bonds. The Hall–Kier alpha value is -2.23. The normalized spacial score (nSPS) is 10.2. The van der Waals surface area contributed by atoms with E-state index >= 15 is 0 Å². The maximum absolute atomic E-state index is 13.4. The number of rotatable bonds is 2. The number of carbonyl (C=O) groups is 1. The van der Waals surface area contributed by atoms with E-state index < -0.39 is 11.7 Å². The first-order chi connectivity index (χ1) is 8.59. The Bertz CT molecular complexity index is 576. The fourth-order valence-electron chi connectivity index (χ4n) is 1.74. The van der Waals surface area contributed by atoms with Gasteiger partial charge in [0, 0.05) is 11.9 Å². The zero-order valence-electron chi connectivity index (χ0n) is 10.2. The first-order valence-corrected chi connectivity index (χ1v) is 5.57. The van der Waals surface area contributed by atoms with Crippen molar-refractivity contribution in [2.45, 2.75) is 13.8 Å². The smallest absolute Gasteiger partial charge is 0.277 e. The van der Waals surface area contributed by atoms with Crippen LogP contribution in [0.3, 0.4) is 0 Å². The zero-order chi connectivity index (χ0) is 13.1. The van der Waals surface area contributed by atoms with Crippen LogP contribution in [0.2, 0.25) is 0 Å². The number of amides is 1. The van der Waals surface area contributed by atoms with Crippen molar-refractivity contribution >= 4 is 11.6 Å². The lowest BCUT2D eigenvalue weighted by molar-refractivity contribution is 0.101. The number of nitrogens with zero attached hydrogens (tertiary/aromatic N) is 1. The Labute approximate surface area is 105 Å². The van der Waals surface area contributed by atoms with E-state index in [4.69, 9.17) is 0 Å². The number of hydrogen-bond donors (Lipinski definition) is 1. The second-order valence-electron chi connectivity index (χ2n) is 4.05. The van der Waals surface area contributed by atoms with Gasteiger partial charge >= 0.3 is 0 Å². The fourth-order valence-corrected chi connectivity index (χ4v) is 1.74. The molecule has 0 atom stereocenters. The van der Waals surface area contributed by atoms with E-state index in [2.05, 4.69) is 10.3 Å². The molecule has 1 heterocycles. The highest BCUT2D eigenvalue weighted by molar-refractivity contribution is 6.03. The number of benzene rings is 1. The van der Waals surface area contributed by atoms with Crippen LogP contribution in [0.15, 0.2) is 36.5 Å². The second-order valence-corrected chi connectivity index (χ2v) is 4.05. The number of nitrogens with one attached hydrogen (secondary N) is 1. The third kappa shape index (κ3) is 2.37. The molecule has 0 saturated carbocycles. The molecule has 0 aliphatic rings. The van der Waals surface area contributed by atoms with Gasteiger partial charge < -0.3 is 5.32 Å². The van der Waals surface area contributed by atoms with Crippen LogP contribution in [0.1, 0.15) is 21.6 Å². The maximum Gasteiger partial charge on any atom is 0.277 e. The van der Waals surface area contributed by atoms with Crippen LogP contribution in [-0.4, -0.2) is 10.9 Å². The van der Waals surface area contributed by atoms with Gasteiger partial charge in [-0.3, -0.25) is 4.79 Å². The van der Waals surface area contributed by atoms with Gasteiger partial charge in [0.05, 0.1) is 0 Å². The summed E-state index contributed by atoms with van der Waals surface area (Å²) in [4.78, 5) is 15.7. The van der Waals surface area contributed by atoms with Crippen LogP contribution in [0.5, 0.6) is 0 Å². The molecule has 0 radical (unpaired) electrons. The van der Waals surface area contributed by atoms with Crippen molar-refractivity contribution in [2.24, 2.45) is 0 Å². The Kier molecular flexibility index (Phi) is 3.37. The molecule has 0 aliphatic heterocycles. The second kappa shape index (κ2) is 4.96. The predicted molar refractivity (Wildman–Crippen MR) is 68.1 cm³/mol. The van der Waals surface area contributed by atoms with E-state index in [9.17, 15) is 9.18 Å². The summed E-state index contributed by atoms with van der Waals surface area (Å²) in [5.74, 6) is -1.16. The Morgan fingerprint density at radius 2 is 1.83 bits per heavy atom. The quantitative estimate of drug-likeness (QED) is 0.882. The maximum atomic E-state index is 13.4. The number of hydrogen-bond acceptors (Lipinski definition) is 2. The molecule has 0 bridgehead atoms. The molecule has 1 aromatic carbocycles. The van der Waals surface area contributed by atoms with Crippen LogP contribution in [0, 0.1) is 19.7 Å². The van der Waals surface area contributed by atoms with Gasteiger partial charge in [-0.25, -0.2) is 9.37 Å². The third-order valence-corrected chi connectivity index (χ3v) is 2.69. The first-order valence-electron chi connectivity index (χ1n) is 5.57. The van der Waals surface area contributed by atoms with Gasteiger partial charge in [0.1, 0.15) is 0 Å². The van der Waals surface area contributed by atoms with E-state index in [0.29, 0.717) is 5.69 Å². The lowest BCUT2D eigenvalue weighted by Crippen LogP contribution is -2.16. The van der Waals surface area contributed by atoms with Crippen LogP contribution in [0.4, 0.5) is 10.1 Å². The third-order valence-electron chi connectivity index (χ3n) is 2.69. The van der Waals surface area contributed by atoms with Crippen LogP contribution in [0.25, 0.3) is 0 Å². The first kappa shape index (κ1) is 12.2. The van der Waals surface area contributed by atoms with Gasteiger partial charge in [-0.15, -0.1) is 0 Å². The molecule has 2 rings (SSSR count). The molecule has 0 aliphatic carbocycles. The fraction of sp³-hybridized carbons (Fsp3) is 0.143. The van der Waals surface area contributed by atoms with Crippen LogP contribution < -0.4 is 5.32 Å². The van der Waals surface area contributed by atoms with Crippen molar-refractivity contribution in [2.75, 3.05) is 5.32 Å². The molecule has 0 unspecified atom stereocenters. The van der Waals surface area contributed by atoms with E-state index in [1.165, 1.54) is 18.3 Å². The molecular weight excluding hydrogens is 231 g/mol. The minimum atomic E-state index is -0.624. The Balaban J connectivity index is 2.30. The van der Waals surface area contributed by atoms with Crippen molar-refractivity contribution in [3.05, 3.63) is 59.2 Å². The number of halogens is 1. The molecule has 92 valence electrons. The highest BCUT2D eigenvalue weighted by atomic mass is 19.1. The van der Waals surface area contributed by atoms with E-state index in [-0.39, 0.29) is 5.69 Å². The number of pyridine rings is 1. The summed E-state index contributed by atoms with van der Waals surface area (Å²) >= 11 is 0. The molecule has 0 fully saturated rings. The van der Waals surface area contributed by atoms with Crippen LogP contribution in [-0.2, 0) is 0 Å². The van der Waals surface area contributed by atoms with Crippen molar-refractivity contribution in [1.82, 2.24) is 4.98 Å². The minimum Gasteiger partial charge on any atom is -0.320 e. The minimum absolute atomic E-state index is 0.194. The lowest BCUT2D eigenvalue weighted by Gasteiger charge is -2.11. The summed E-state index contributed by atoms with van der Waals surface area (Å²) < 4.78 is 13.4. The average molecular weight is 244 g/mol. The highest BCUT2D eigenvalue weighted by Crippen LogP contribution is 2.20.